The Bertz CT molecular complexity index is 1400. The van der Waals surface area contributed by atoms with Crippen molar-refractivity contribution in [2.75, 3.05) is 5.32 Å². The molecule has 0 aliphatic carbocycles. The number of pyridine rings is 1. The maximum Gasteiger partial charge on any atom is 0.224 e. The zero-order valence-electron chi connectivity index (χ0n) is 17.4. The van der Waals surface area contributed by atoms with Crippen LogP contribution >= 0.6 is 11.6 Å². The van der Waals surface area contributed by atoms with Crippen molar-refractivity contribution in [1.82, 2.24) is 9.97 Å². The number of rotatable bonds is 6. The lowest BCUT2D eigenvalue weighted by Gasteiger charge is -2.09. The van der Waals surface area contributed by atoms with Crippen molar-refractivity contribution in [2.24, 2.45) is 0 Å². The third kappa shape index (κ3) is 4.10. The SMILES string of the molecule is O=C(CCCc1c(-c2ccccn2)[nH]c2ccc(Cl)cc12)Nc1cccc2ccccc12. The molecule has 1 amide bonds. The van der Waals surface area contributed by atoms with Crippen LogP contribution < -0.4 is 5.32 Å². The highest BCUT2D eigenvalue weighted by Gasteiger charge is 2.15. The van der Waals surface area contributed by atoms with Crippen LogP contribution in [0.25, 0.3) is 33.1 Å². The van der Waals surface area contributed by atoms with Crippen molar-refractivity contribution in [2.45, 2.75) is 19.3 Å². The summed E-state index contributed by atoms with van der Waals surface area (Å²) >= 11 is 6.27. The van der Waals surface area contributed by atoms with Crippen LogP contribution in [0.2, 0.25) is 5.02 Å². The zero-order chi connectivity index (χ0) is 21.9. The highest BCUT2D eigenvalue weighted by Crippen LogP contribution is 2.32. The topological polar surface area (TPSA) is 57.8 Å². The van der Waals surface area contributed by atoms with Crippen LogP contribution in [0.15, 0.2) is 85.1 Å². The molecule has 0 saturated heterocycles. The fraction of sp³-hybridized carbons (Fsp3) is 0.111. The summed E-state index contributed by atoms with van der Waals surface area (Å²) in [6.45, 7) is 0. The maximum absolute atomic E-state index is 12.7. The molecule has 2 N–H and O–H groups in total. The molecule has 2 aromatic heterocycles. The number of carbonyl (C=O) groups is 1. The molecule has 3 aromatic carbocycles. The Balaban J connectivity index is 1.35. The van der Waals surface area contributed by atoms with Gasteiger partial charge in [-0.15, -0.1) is 0 Å². The molecule has 4 nitrogen and oxygen atoms in total. The van der Waals surface area contributed by atoms with Gasteiger partial charge >= 0.3 is 0 Å². The molecule has 0 fully saturated rings. The lowest BCUT2D eigenvalue weighted by Crippen LogP contribution is -2.11. The Morgan fingerprint density at radius 2 is 1.78 bits per heavy atom. The lowest BCUT2D eigenvalue weighted by molar-refractivity contribution is -0.116. The molecule has 158 valence electrons. The van der Waals surface area contributed by atoms with Crippen LogP contribution in [0, 0.1) is 0 Å². The molecule has 0 bridgehead atoms. The fourth-order valence-corrected chi connectivity index (χ4v) is 4.35. The van der Waals surface area contributed by atoms with Gasteiger partial charge in [-0.2, -0.15) is 0 Å². The number of aromatic amines is 1. The number of nitrogens with zero attached hydrogens (tertiary/aromatic N) is 1. The van der Waals surface area contributed by atoms with Gasteiger partial charge in [0, 0.05) is 39.6 Å². The third-order valence-electron chi connectivity index (χ3n) is 5.68. The minimum atomic E-state index is 0.0126. The van der Waals surface area contributed by atoms with Gasteiger partial charge in [0.2, 0.25) is 5.91 Å². The van der Waals surface area contributed by atoms with Gasteiger partial charge in [0.1, 0.15) is 0 Å². The average molecular weight is 440 g/mol. The zero-order valence-corrected chi connectivity index (χ0v) is 18.2. The third-order valence-corrected chi connectivity index (χ3v) is 5.92. The van der Waals surface area contributed by atoms with Crippen LogP contribution in [-0.4, -0.2) is 15.9 Å². The first kappa shape index (κ1) is 20.3. The van der Waals surface area contributed by atoms with E-state index in [-0.39, 0.29) is 5.91 Å². The first-order valence-electron chi connectivity index (χ1n) is 10.7. The van der Waals surface area contributed by atoms with Gasteiger partial charge in [0.15, 0.2) is 0 Å². The number of benzene rings is 3. The van der Waals surface area contributed by atoms with E-state index in [0.29, 0.717) is 11.4 Å². The van der Waals surface area contributed by atoms with Crippen LogP contribution in [0.1, 0.15) is 18.4 Å². The maximum atomic E-state index is 12.7. The number of aryl methyl sites for hydroxylation is 1. The number of amides is 1. The molecule has 0 aliphatic heterocycles. The number of carbonyl (C=O) groups excluding carboxylic acids is 1. The Morgan fingerprint density at radius 3 is 2.66 bits per heavy atom. The summed E-state index contributed by atoms with van der Waals surface area (Å²) in [4.78, 5) is 20.7. The largest absolute Gasteiger partial charge is 0.353 e. The predicted octanol–water partition coefficient (Wildman–Crippen LogP) is 7.00. The number of halogens is 1. The van der Waals surface area contributed by atoms with Crippen molar-refractivity contribution in [3.8, 4) is 11.4 Å². The van der Waals surface area contributed by atoms with Crippen molar-refractivity contribution in [3.63, 3.8) is 0 Å². The molecule has 2 heterocycles. The van der Waals surface area contributed by atoms with Gasteiger partial charge in [-0.3, -0.25) is 9.78 Å². The summed E-state index contributed by atoms with van der Waals surface area (Å²) < 4.78 is 0. The van der Waals surface area contributed by atoms with E-state index in [4.69, 9.17) is 11.6 Å². The second-order valence-electron chi connectivity index (χ2n) is 7.81. The molecule has 0 spiro atoms. The first-order chi connectivity index (χ1) is 15.7. The molecule has 0 radical (unpaired) electrons. The van der Waals surface area contributed by atoms with Gasteiger partial charge in [0.25, 0.3) is 0 Å². The van der Waals surface area contributed by atoms with Gasteiger partial charge < -0.3 is 10.3 Å². The van der Waals surface area contributed by atoms with E-state index < -0.39 is 0 Å². The molecule has 0 saturated carbocycles. The second kappa shape index (κ2) is 8.85. The summed E-state index contributed by atoms with van der Waals surface area (Å²) in [5, 5.41) is 7.01. The quantitative estimate of drug-likeness (QED) is 0.299. The van der Waals surface area contributed by atoms with E-state index in [9.17, 15) is 4.79 Å². The summed E-state index contributed by atoms with van der Waals surface area (Å²) in [6.07, 6.45) is 3.68. The van der Waals surface area contributed by atoms with E-state index in [1.165, 1.54) is 0 Å². The fourth-order valence-electron chi connectivity index (χ4n) is 4.18. The molecule has 0 aliphatic rings. The molecule has 5 heteroatoms. The highest BCUT2D eigenvalue weighted by molar-refractivity contribution is 6.31. The molecule has 5 rings (SSSR count). The number of aromatic nitrogens is 2. The first-order valence-corrected chi connectivity index (χ1v) is 11.1. The second-order valence-corrected chi connectivity index (χ2v) is 8.25. The summed E-state index contributed by atoms with van der Waals surface area (Å²) in [6, 6.07) is 25.7. The van der Waals surface area contributed by atoms with Crippen LogP contribution in [0.5, 0.6) is 0 Å². The molecule has 0 atom stereocenters. The summed E-state index contributed by atoms with van der Waals surface area (Å²) in [7, 11) is 0. The lowest BCUT2D eigenvalue weighted by atomic mass is 10.0. The molecule has 5 aromatic rings. The van der Waals surface area contributed by atoms with Gasteiger partial charge in [-0.25, -0.2) is 0 Å². The normalized spacial score (nSPS) is 11.2. The van der Waals surface area contributed by atoms with Crippen LogP contribution in [-0.2, 0) is 11.2 Å². The number of nitrogens with one attached hydrogen (secondary N) is 2. The van der Waals surface area contributed by atoms with Crippen molar-refractivity contribution < 1.29 is 4.79 Å². The Kier molecular flexibility index (Phi) is 5.61. The van der Waals surface area contributed by atoms with E-state index in [1.807, 2.05) is 78.9 Å². The minimum Gasteiger partial charge on any atom is -0.353 e. The Hall–Kier alpha value is -3.63. The van der Waals surface area contributed by atoms with E-state index in [0.717, 1.165) is 57.2 Å². The van der Waals surface area contributed by atoms with E-state index >= 15 is 0 Å². The minimum absolute atomic E-state index is 0.0126. The van der Waals surface area contributed by atoms with Gasteiger partial charge in [-0.05, 0) is 60.2 Å². The summed E-state index contributed by atoms with van der Waals surface area (Å²) in [5.41, 5.74) is 4.87. The van der Waals surface area contributed by atoms with Crippen molar-refractivity contribution in [3.05, 3.63) is 95.6 Å². The monoisotopic (exact) mass is 439 g/mol. The number of hydrogen-bond donors (Lipinski definition) is 2. The van der Waals surface area contributed by atoms with Crippen molar-refractivity contribution >= 4 is 44.9 Å². The predicted molar refractivity (Wildman–Crippen MR) is 132 cm³/mol. The van der Waals surface area contributed by atoms with E-state index in [1.54, 1.807) is 6.20 Å². The van der Waals surface area contributed by atoms with Crippen LogP contribution in [0.4, 0.5) is 5.69 Å². The number of hydrogen-bond acceptors (Lipinski definition) is 2. The molecular weight excluding hydrogens is 418 g/mol. The Labute approximate surface area is 191 Å². The summed E-state index contributed by atoms with van der Waals surface area (Å²) in [5.74, 6) is 0.0126. The van der Waals surface area contributed by atoms with Crippen LogP contribution in [0.3, 0.4) is 0 Å². The molecule has 32 heavy (non-hydrogen) atoms. The standard InChI is InChI=1S/C27H22ClN3O/c28-19-14-15-24-22(17-19)21(27(31-24)25-11-3-4-16-29-25)10-6-13-26(32)30-23-12-5-8-18-7-1-2-9-20(18)23/h1-5,7-9,11-12,14-17,31H,6,10,13H2,(H,30,32). The number of H-pyrrole nitrogens is 1. The highest BCUT2D eigenvalue weighted by atomic mass is 35.5. The molecular formula is C27H22ClN3O. The van der Waals surface area contributed by atoms with Gasteiger partial charge in [-0.1, -0.05) is 54.1 Å². The molecule has 0 unspecified atom stereocenters. The smallest absolute Gasteiger partial charge is 0.224 e. The van der Waals surface area contributed by atoms with Crippen molar-refractivity contribution in [1.29, 1.82) is 0 Å². The number of fused-ring (bicyclic) bond motifs is 2. The van der Waals surface area contributed by atoms with E-state index in [2.05, 4.69) is 15.3 Å². The van der Waals surface area contributed by atoms with Gasteiger partial charge in [0.05, 0.1) is 11.4 Å². The Morgan fingerprint density at radius 1 is 0.938 bits per heavy atom. The average Bonchev–Trinajstić information content (AvgIpc) is 3.17. The number of anilines is 1.